The van der Waals surface area contributed by atoms with Crippen LogP contribution in [0, 0.1) is 0 Å². The van der Waals surface area contributed by atoms with Gasteiger partial charge in [-0.25, -0.2) is 4.79 Å². The molecule has 0 saturated carbocycles. The Balaban J connectivity index is 1.72. The highest BCUT2D eigenvalue weighted by Crippen LogP contribution is 2.39. The fraction of sp³-hybridized carbons (Fsp3) is 0.440. The molecule has 0 bridgehead atoms. The molecule has 0 radical (unpaired) electrons. The van der Waals surface area contributed by atoms with Gasteiger partial charge in [0.15, 0.2) is 8.32 Å². The Morgan fingerprint density at radius 1 is 1.16 bits per heavy atom. The summed E-state index contributed by atoms with van der Waals surface area (Å²) in [6.45, 7) is 12.0. The smallest absolute Gasteiger partial charge is 0.410 e. The molecule has 1 aliphatic heterocycles. The predicted molar refractivity (Wildman–Crippen MR) is 127 cm³/mol. The van der Waals surface area contributed by atoms with Gasteiger partial charge in [0.05, 0.1) is 12.1 Å². The van der Waals surface area contributed by atoms with Crippen LogP contribution in [0.1, 0.15) is 38.3 Å². The quantitative estimate of drug-likeness (QED) is 0.527. The third-order valence-electron chi connectivity index (χ3n) is 6.23. The van der Waals surface area contributed by atoms with Gasteiger partial charge in [0.2, 0.25) is 0 Å². The van der Waals surface area contributed by atoms with Crippen LogP contribution < -0.4 is 0 Å². The van der Waals surface area contributed by atoms with Crippen molar-refractivity contribution in [3.8, 4) is 0 Å². The first-order valence-corrected chi connectivity index (χ1v) is 13.8. The molecule has 5 nitrogen and oxygen atoms in total. The van der Waals surface area contributed by atoms with Gasteiger partial charge in [0.25, 0.3) is 0 Å². The number of carbonyl (C=O) groups is 1. The van der Waals surface area contributed by atoms with E-state index in [0.29, 0.717) is 6.54 Å². The van der Waals surface area contributed by atoms with E-state index >= 15 is 0 Å². The molecule has 0 unspecified atom stereocenters. The minimum absolute atomic E-state index is 0.0113. The van der Waals surface area contributed by atoms with Crippen molar-refractivity contribution in [2.45, 2.75) is 64.1 Å². The zero-order chi connectivity index (χ0) is 22.5. The molecule has 1 aliphatic rings. The summed E-state index contributed by atoms with van der Waals surface area (Å²) < 4.78 is 12.3. The number of benzene rings is 1. The third-order valence-corrected chi connectivity index (χ3v) is 10.8. The van der Waals surface area contributed by atoms with Crippen LogP contribution >= 0.6 is 0 Å². The number of hydrogen-bond donors (Lipinski definition) is 0. The molecule has 2 heterocycles. The van der Waals surface area contributed by atoms with E-state index in [1.807, 2.05) is 48.5 Å². The number of rotatable bonds is 6. The van der Waals surface area contributed by atoms with Crippen LogP contribution in [-0.4, -0.2) is 43.0 Å². The minimum atomic E-state index is -1.93. The molecule has 1 saturated heterocycles. The first-order chi connectivity index (χ1) is 14.7. The largest absolute Gasteiger partial charge is 0.445 e. The highest BCUT2D eigenvalue weighted by atomic mass is 28.4. The standard InChI is InChI=1S/C25H34N2O3Si/c1-25(2,3)31(4,5)30-23-17-22(12-11-20-13-15-26-16-14-20)27(18-23)24(28)29-19-21-9-7-6-8-10-21/h6-16,22-23H,17-19H2,1-5H3/b12-11-/t22-,23-/m1/s1. The van der Waals surface area contributed by atoms with Crippen molar-refractivity contribution in [3.05, 3.63) is 72.1 Å². The van der Waals surface area contributed by atoms with E-state index in [2.05, 4.69) is 44.9 Å². The van der Waals surface area contributed by atoms with Crippen LogP contribution in [0.3, 0.4) is 0 Å². The predicted octanol–water partition coefficient (Wildman–Crippen LogP) is 5.90. The van der Waals surface area contributed by atoms with Crippen molar-refractivity contribution in [2.24, 2.45) is 0 Å². The Hall–Kier alpha value is -2.44. The Morgan fingerprint density at radius 3 is 2.48 bits per heavy atom. The van der Waals surface area contributed by atoms with E-state index in [1.54, 1.807) is 17.3 Å². The topological polar surface area (TPSA) is 51.7 Å². The molecular weight excluding hydrogens is 404 g/mol. The molecule has 3 rings (SSSR count). The van der Waals surface area contributed by atoms with Gasteiger partial charge in [0, 0.05) is 18.9 Å². The van der Waals surface area contributed by atoms with E-state index in [-0.39, 0.29) is 29.9 Å². The summed E-state index contributed by atoms with van der Waals surface area (Å²) in [7, 11) is -1.93. The SMILES string of the molecule is CC(C)(C)[Si](C)(C)O[C@@H]1C[C@@H](/C=C\c2ccncc2)N(C(=O)OCc2ccccc2)C1. The van der Waals surface area contributed by atoms with E-state index < -0.39 is 8.32 Å². The van der Waals surface area contributed by atoms with Gasteiger partial charge in [-0.05, 0) is 47.8 Å². The zero-order valence-electron chi connectivity index (χ0n) is 19.2. The van der Waals surface area contributed by atoms with Gasteiger partial charge in [0.1, 0.15) is 6.61 Å². The highest BCUT2D eigenvalue weighted by Gasteiger charge is 2.43. The first-order valence-electron chi connectivity index (χ1n) is 10.9. The molecule has 31 heavy (non-hydrogen) atoms. The molecule has 0 aliphatic carbocycles. The first kappa shape index (κ1) is 23.2. The van der Waals surface area contributed by atoms with Crippen molar-refractivity contribution in [1.82, 2.24) is 9.88 Å². The van der Waals surface area contributed by atoms with Crippen LogP contribution in [0.4, 0.5) is 4.79 Å². The van der Waals surface area contributed by atoms with Crippen molar-refractivity contribution in [1.29, 1.82) is 0 Å². The van der Waals surface area contributed by atoms with Crippen molar-refractivity contribution in [2.75, 3.05) is 6.54 Å². The molecule has 2 aromatic rings. The summed E-state index contributed by atoms with van der Waals surface area (Å²) >= 11 is 0. The second-order valence-corrected chi connectivity index (χ2v) is 14.4. The number of aromatic nitrogens is 1. The lowest BCUT2D eigenvalue weighted by Crippen LogP contribution is -2.44. The van der Waals surface area contributed by atoms with Gasteiger partial charge in [-0.15, -0.1) is 0 Å². The molecular formula is C25H34N2O3Si. The molecule has 2 atom stereocenters. The fourth-order valence-corrected chi connectivity index (χ4v) is 4.75. The van der Waals surface area contributed by atoms with Crippen LogP contribution in [0.5, 0.6) is 0 Å². The van der Waals surface area contributed by atoms with E-state index in [9.17, 15) is 4.79 Å². The molecule has 0 spiro atoms. The monoisotopic (exact) mass is 438 g/mol. The van der Waals surface area contributed by atoms with Crippen LogP contribution in [0.2, 0.25) is 18.1 Å². The molecule has 1 amide bonds. The lowest BCUT2D eigenvalue weighted by atomic mass is 10.1. The molecule has 1 fully saturated rings. The van der Waals surface area contributed by atoms with Crippen molar-refractivity contribution < 1.29 is 14.0 Å². The second kappa shape index (κ2) is 9.79. The van der Waals surface area contributed by atoms with Gasteiger partial charge < -0.3 is 9.16 Å². The van der Waals surface area contributed by atoms with Crippen LogP contribution in [0.15, 0.2) is 60.9 Å². The normalized spacial score (nSPS) is 19.7. The Labute approximate surface area is 187 Å². The lowest BCUT2D eigenvalue weighted by Gasteiger charge is -2.38. The Morgan fingerprint density at radius 2 is 1.84 bits per heavy atom. The van der Waals surface area contributed by atoms with Crippen molar-refractivity contribution in [3.63, 3.8) is 0 Å². The Bertz CT molecular complexity index is 879. The van der Waals surface area contributed by atoms with Gasteiger partial charge in [-0.2, -0.15) is 0 Å². The van der Waals surface area contributed by atoms with E-state index in [1.165, 1.54) is 0 Å². The van der Waals surface area contributed by atoms with E-state index in [0.717, 1.165) is 17.5 Å². The van der Waals surface area contributed by atoms with Gasteiger partial charge in [-0.3, -0.25) is 9.88 Å². The summed E-state index contributed by atoms with van der Waals surface area (Å²) in [6, 6.07) is 13.6. The maximum atomic E-state index is 13.0. The number of nitrogens with zero attached hydrogens (tertiary/aromatic N) is 2. The average molecular weight is 439 g/mol. The molecule has 1 aromatic heterocycles. The molecule has 6 heteroatoms. The number of hydrogen-bond acceptors (Lipinski definition) is 4. The third kappa shape index (κ3) is 6.28. The van der Waals surface area contributed by atoms with Crippen molar-refractivity contribution >= 4 is 20.5 Å². The Kier molecular flexibility index (Phi) is 7.33. The molecule has 1 aromatic carbocycles. The molecule has 166 valence electrons. The number of likely N-dealkylation sites (tertiary alicyclic amines) is 1. The lowest BCUT2D eigenvalue weighted by molar-refractivity contribution is 0.0927. The fourth-order valence-electron chi connectivity index (χ4n) is 3.40. The molecule has 0 N–H and O–H groups in total. The summed E-state index contributed by atoms with van der Waals surface area (Å²) in [5.74, 6) is 0. The number of ether oxygens (including phenoxy) is 1. The van der Waals surface area contributed by atoms with Crippen LogP contribution in [-0.2, 0) is 15.8 Å². The van der Waals surface area contributed by atoms with Gasteiger partial charge >= 0.3 is 6.09 Å². The van der Waals surface area contributed by atoms with Crippen LogP contribution in [0.25, 0.3) is 6.08 Å². The summed E-state index contributed by atoms with van der Waals surface area (Å²) in [6.07, 6.45) is 8.14. The van der Waals surface area contributed by atoms with E-state index in [4.69, 9.17) is 9.16 Å². The summed E-state index contributed by atoms with van der Waals surface area (Å²) in [5.41, 5.74) is 2.04. The zero-order valence-corrected chi connectivity index (χ0v) is 20.2. The maximum Gasteiger partial charge on any atom is 0.410 e. The maximum absolute atomic E-state index is 13.0. The second-order valence-electron chi connectivity index (χ2n) is 9.64. The number of pyridine rings is 1. The van der Waals surface area contributed by atoms with Gasteiger partial charge in [-0.1, -0.05) is 63.3 Å². The minimum Gasteiger partial charge on any atom is -0.445 e. The highest BCUT2D eigenvalue weighted by molar-refractivity contribution is 6.74. The number of carbonyl (C=O) groups excluding carboxylic acids is 1. The number of amides is 1. The summed E-state index contributed by atoms with van der Waals surface area (Å²) in [4.78, 5) is 18.8. The average Bonchev–Trinajstić information content (AvgIpc) is 3.13. The summed E-state index contributed by atoms with van der Waals surface area (Å²) in [5, 5.41) is 0.122.